The van der Waals surface area contributed by atoms with Crippen molar-refractivity contribution in [3.05, 3.63) is 59.1 Å². The number of esters is 1. The number of anilines is 1. The van der Waals surface area contributed by atoms with Crippen LogP contribution in [-0.2, 0) is 9.53 Å². The van der Waals surface area contributed by atoms with E-state index in [1.165, 1.54) is 18.9 Å². The van der Waals surface area contributed by atoms with E-state index in [-0.39, 0.29) is 11.9 Å². The molecule has 0 saturated carbocycles. The number of carbonyl (C=O) groups is 1. The number of benzene rings is 2. The fourth-order valence-electron chi connectivity index (χ4n) is 1.97. The van der Waals surface area contributed by atoms with Crippen LogP contribution >= 0.6 is 23.4 Å². The van der Waals surface area contributed by atoms with Crippen molar-refractivity contribution in [3.8, 4) is 0 Å². The van der Waals surface area contributed by atoms with Crippen molar-refractivity contribution in [1.29, 1.82) is 0 Å². The number of hydrogen-bond donors (Lipinski definition) is 1. The minimum absolute atomic E-state index is 0.265. The largest absolute Gasteiger partial charge is 0.469 e. The van der Waals surface area contributed by atoms with Crippen LogP contribution in [0.25, 0.3) is 0 Å². The molecule has 1 unspecified atom stereocenters. The summed E-state index contributed by atoms with van der Waals surface area (Å²) in [5, 5.41) is 0.594. The van der Waals surface area contributed by atoms with Crippen LogP contribution in [0.5, 0.6) is 0 Å². The molecule has 0 aliphatic heterocycles. The molecule has 0 heterocycles. The third-order valence-corrected chi connectivity index (χ3v) is 4.75. The number of ether oxygens (including phenoxy) is 1. The van der Waals surface area contributed by atoms with E-state index in [0.717, 1.165) is 10.5 Å². The van der Waals surface area contributed by atoms with E-state index in [0.29, 0.717) is 16.5 Å². The summed E-state index contributed by atoms with van der Waals surface area (Å²) in [6.45, 7) is 0. The van der Waals surface area contributed by atoms with Crippen LogP contribution in [0.4, 0.5) is 5.69 Å². The van der Waals surface area contributed by atoms with E-state index in [2.05, 4.69) is 0 Å². The van der Waals surface area contributed by atoms with Crippen molar-refractivity contribution in [3.63, 3.8) is 0 Å². The summed E-state index contributed by atoms with van der Waals surface area (Å²) in [5.74, 6) is -0.0962. The molecular formula is C16H16ClNO2S. The van der Waals surface area contributed by atoms with Crippen molar-refractivity contribution >= 4 is 35.0 Å². The Hall–Kier alpha value is -1.65. The third-order valence-electron chi connectivity index (χ3n) is 3.08. The second-order valence-electron chi connectivity index (χ2n) is 4.46. The van der Waals surface area contributed by atoms with Crippen molar-refractivity contribution < 1.29 is 9.53 Å². The van der Waals surface area contributed by atoms with Gasteiger partial charge in [-0.2, -0.15) is 0 Å². The molecule has 110 valence electrons. The summed E-state index contributed by atoms with van der Waals surface area (Å²) in [7, 11) is 1.40. The predicted octanol–water partition coefficient (Wildman–Crippen LogP) is 3.97. The highest BCUT2D eigenvalue weighted by atomic mass is 35.5. The number of nitrogens with two attached hydrogens (primary N) is 1. The summed E-state index contributed by atoms with van der Waals surface area (Å²) in [6, 6.07) is 14.9. The van der Waals surface area contributed by atoms with Gasteiger partial charge in [-0.1, -0.05) is 48.0 Å². The third kappa shape index (κ3) is 3.93. The lowest BCUT2D eigenvalue weighted by molar-refractivity contribution is -0.141. The molecule has 0 fully saturated rings. The van der Waals surface area contributed by atoms with Gasteiger partial charge >= 0.3 is 5.97 Å². The second-order valence-corrected chi connectivity index (χ2v) is 5.89. The number of nitrogen functional groups attached to an aromatic ring is 1. The average Bonchev–Trinajstić information content (AvgIpc) is 2.50. The molecule has 21 heavy (non-hydrogen) atoms. The van der Waals surface area contributed by atoms with Crippen molar-refractivity contribution in [2.75, 3.05) is 18.6 Å². The van der Waals surface area contributed by atoms with Crippen LogP contribution in [0.1, 0.15) is 11.5 Å². The molecule has 1 atom stereocenters. The summed E-state index contributed by atoms with van der Waals surface area (Å²) >= 11 is 7.62. The van der Waals surface area contributed by atoms with E-state index in [9.17, 15) is 4.79 Å². The normalized spacial score (nSPS) is 11.9. The summed E-state index contributed by atoms with van der Waals surface area (Å²) in [6.07, 6.45) is 0. The lowest BCUT2D eigenvalue weighted by Crippen LogP contribution is -2.16. The minimum Gasteiger partial charge on any atom is -0.469 e. The second kappa shape index (κ2) is 7.38. The first-order chi connectivity index (χ1) is 10.1. The zero-order chi connectivity index (χ0) is 15.2. The predicted molar refractivity (Wildman–Crippen MR) is 87.8 cm³/mol. The van der Waals surface area contributed by atoms with Gasteiger partial charge in [-0.3, -0.25) is 4.79 Å². The van der Waals surface area contributed by atoms with Crippen molar-refractivity contribution in [2.45, 2.75) is 10.8 Å². The van der Waals surface area contributed by atoms with Crippen molar-refractivity contribution in [2.24, 2.45) is 0 Å². The summed E-state index contributed by atoms with van der Waals surface area (Å²) < 4.78 is 4.90. The molecule has 0 amide bonds. The number of methoxy groups -OCH3 is 1. The maximum absolute atomic E-state index is 12.0. The maximum atomic E-state index is 12.0. The monoisotopic (exact) mass is 321 g/mol. The Morgan fingerprint density at radius 2 is 1.95 bits per heavy atom. The molecule has 5 heteroatoms. The molecule has 2 aromatic rings. The van der Waals surface area contributed by atoms with E-state index < -0.39 is 0 Å². The first-order valence-electron chi connectivity index (χ1n) is 6.43. The van der Waals surface area contributed by atoms with Gasteiger partial charge in [-0.25, -0.2) is 0 Å². The van der Waals surface area contributed by atoms with Crippen LogP contribution in [-0.4, -0.2) is 18.8 Å². The van der Waals surface area contributed by atoms with Gasteiger partial charge < -0.3 is 10.5 Å². The van der Waals surface area contributed by atoms with Gasteiger partial charge in [0, 0.05) is 16.3 Å². The molecule has 0 spiro atoms. The molecule has 0 aliphatic rings. The molecule has 2 rings (SSSR count). The highest BCUT2D eigenvalue weighted by Gasteiger charge is 2.22. The number of rotatable bonds is 5. The van der Waals surface area contributed by atoms with Crippen LogP contribution in [0.2, 0.25) is 5.02 Å². The summed E-state index contributed by atoms with van der Waals surface area (Å²) in [4.78, 5) is 12.8. The SMILES string of the molecule is COC(=O)C(CSc1c(N)cccc1Cl)c1ccccc1. The van der Waals surface area contributed by atoms with Crippen molar-refractivity contribution in [1.82, 2.24) is 0 Å². The van der Waals surface area contributed by atoms with Crippen LogP contribution in [0.3, 0.4) is 0 Å². The standard InChI is InChI=1S/C16H16ClNO2S/c1-20-16(19)12(11-6-3-2-4-7-11)10-21-15-13(17)8-5-9-14(15)18/h2-9,12H,10,18H2,1H3. The van der Waals surface area contributed by atoms with Gasteiger partial charge in [0.25, 0.3) is 0 Å². The Morgan fingerprint density at radius 3 is 2.57 bits per heavy atom. The average molecular weight is 322 g/mol. The Labute approximate surface area is 133 Å². The van der Waals surface area contributed by atoms with Crippen LogP contribution < -0.4 is 5.73 Å². The maximum Gasteiger partial charge on any atom is 0.313 e. The molecule has 2 N–H and O–H groups in total. The van der Waals surface area contributed by atoms with Crippen LogP contribution in [0, 0.1) is 0 Å². The first kappa shape index (κ1) is 15.7. The van der Waals surface area contributed by atoms with Crippen LogP contribution in [0.15, 0.2) is 53.4 Å². The van der Waals surface area contributed by atoms with E-state index in [1.807, 2.05) is 30.3 Å². The Kier molecular flexibility index (Phi) is 5.53. The molecule has 2 aromatic carbocycles. The van der Waals surface area contributed by atoms with Gasteiger partial charge in [-0.05, 0) is 17.7 Å². The molecule has 0 bridgehead atoms. The quantitative estimate of drug-likeness (QED) is 0.514. The fraction of sp³-hybridized carbons (Fsp3) is 0.188. The zero-order valence-corrected chi connectivity index (χ0v) is 13.2. The highest BCUT2D eigenvalue weighted by molar-refractivity contribution is 7.99. The van der Waals surface area contributed by atoms with Gasteiger partial charge in [0.05, 0.1) is 18.1 Å². The van der Waals surface area contributed by atoms with Gasteiger partial charge in [0.15, 0.2) is 0 Å². The number of thioether (sulfide) groups is 1. The number of halogens is 1. The smallest absolute Gasteiger partial charge is 0.313 e. The summed E-state index contributed by atoms with van der Waals surface area (Å²) in [5.41, 5.74) is 7.47. The molecular weight excluding hydrogens is 306 g/mol. The zero-order valence-electron chi connectivity index (χ0n) is 11.6. The lowest BCUT2D eigenvalue weighted by Gasteiger charge is -2.15. The van der Waals surface area contributed by atoms with E-state index in [1.54, 1.807) is 18.2 Å². The van der Waals surface area contributed by atoms with Gasteiger partial charge in [-0.15, -0.1) is 11.8 Å². The molecule has 3 nitrogen and oxygen atoms in total. The Balaban J connectivity index is 2.19. The number of carbonyl (C=O) groups excluding carboxylic acids is 1. The molecule has 0 saturated heterocycles. The lowest BCUT2D eigenvalue weighted by atomic mass is 10.0. The highest BCUT2D eigenvalue weighted by Crippen LogP contribution is 2.35. The van der Waals surface area contributed by atoms with E-state index >= 15 is 0 Å². The molecule has 0 aromatic heterocycles. The Bertz CT molecular complexity index is 599. The molecule has 0 radical (unpaired) electrons. The molecule has 0 aliphatic carbocycles. The Morgan fingerprint density at radius 1 is 1.24 bits per heavy atom. The van der Waals surface area contributed by atoms with E-state index in [4.69, 9.17) is 22.1 Å². The van der Waals surface area contributed by atoms with Gasteiger partial charge in [0.2, 0.25) is 0 Å². The fourth-order valence-corrected chi connectivity index (χ4v) is 3.42. The minimum atomic E-state index is -0.350. The number of hydrogen-bond acceptors (Lipinski definition) is 4. The first-order valence-corrected chi connectivity index (χ1v) is 7.79. The topological polar surface area (TPSA) is 52.3 Å². The van der Waals surface area contributed by atoms with Gasteiger partial charge in [0.1, 0.15) is 0 Å².